The molecule has 1 aliphatic rings. The molecule has 10 aromatic rings. The summed E-state index contributed by atoms with van der Waals surface area (Å²) >= 11 is 0. The van der Waals surface area contributed by atoms with Gasteiger partial charge in [-0.15, -0.1) is 0 Å². The summed E-state index contributed by atoms with van der Waals surface area (Å²) in [5.74, 6) is 0. The van der Waals surface area contributed by atoms with E-state index in [-0.39, 0.29) is 18.5 Å². The predicted molar refractivity (Wildman–Crippen MR) is 204 cm³/mol. The van der Waals surface area contributed by atoms with Gasteiger partial charge < -0.3 is 13.3 Å². The molecule has 3 aromatic heterocycles. The van der Waals surface area contributed by atoms with Crippen molar-refractivity contribution in [3.05, 3.63) is 168 Å². The van der Waals surface area contributed by atoms with Gasteiger partial charge in [-0.3, -0.25) is 16.0 Å². The van der Waals surface area contributed by atoms with Crippen LogP contribution in [-0.2, 0) is 0 Å². The Balaban J connectivity index is 1.02. The lowest BCUT2D eigenvalue weighted by molar-refractivity contribution is 0.203. The van der Waals surface area contributed by atoms with E-state index in [1.807, 2.05) is 30.3 Å². The monoisotopic (exact) mass is 661 g/mol. The second-order valence-electron chi connectivity index (χ2n) is 13.4. The van der Waals surface area contributed by atoms with Crippen molar-refractivity contribution in [1.82, 2.24) is 16.0 Å². The van der Waals surface area contributed by atoms with Crippen molar-refractivity contribution in [2.75, 3.05) is 0 Å². The normalized spacial score (nSPS) is 18.2. The van der Waals surface area contributed by atoms with E-state index in [4.69, 9.17) is 13.3 Å². The second kappa shape index (κ2) is 11.2. The van der Waals surface area contributed by atoms with E-state index < -0.39 is 0 Å². The van der Waals surface area contributed by atoms with Crippen LogP contribution in [0.3, 0.4) is 0 Å². The van der Waals surface area contributed by atoms with E-state index in [1.165, 1.54) is 0 Å². The zero-order valence-electron chi connectivity index (χ0n) is 27.4. The number of nitrogens with one attached hydrogen (secondary N) is 3. The molecule has 4 heterocycles. The molecule has 0 saturated carbocycles. The number of benzene rings is 7. The summed E-state index contributed by atoms with van der Waals surface area (Å²) in [6.07, 6.45) is -0.486. The van der Waals surface area contributed by atoms with Gasteiger partial charge >= 0.3 is 0 Å². The van der Waals surface area contributed by atoms with Gasteiger partial charge in [0.05, 0.1) is 18.5 Å². The minimum absolute atomic E-state index is 0.115. The van der Waals surface area contributed by atoms with Crippen LogP contribution in [0.1, 0.15) is 35.2 Å². The summed E-state index contributed by atoms with van der Waals surface area (Å²) in [6, 6.07) is 52.7. The minimum atomic E-state index is -0.215. The lowest BCUT2D eigenvalue weighted by Crippen LogP contribution is -2.54. The molecule has 0 bridgehead atoms. The quantitative estimate of drug-likeness (QED) is 0.174. The maximum atomic E-state index is 6.82. The Labute approximate surface area is 292 Å². The first-order chi connectivity index (χ1) is 25.2. The Morgan fingerprint density at radius 1 is 0.373 bits per heavy atom. The van der Waals surface area contributed by atoms with Crippen LogP contribution in [0.15, 0.2) is 165 Å². The summed E-state index contributed by atoms with van der Waals surface area (Å²) in [7, 11) is 0. The highest BCUT2D eigenvalue weighted by atomic mass is 16.3. The van der Waals surface area contributed by atoms with E-state index in [0.29, 0.717) is 0 Å². The standard InChI is InChI=1S/C45H31N3O3/c1-2-10-26(11-3-1)43-46-44(28-21-23-38-35(24-28)30-12-4-6-17-36(30)49-38)48-45(47-43)34-16-8-15-32-31-22-20-27(25-40(31)51-42(32)34)29-14-9-19-39-41(29)33-13-5-7-18-37(33)50-39/h1-25,43-48H. The van der Waals surface area contributed by atoms with Crippen molar-refractivity contribution in [2.24, 2.45) is 0 Å². The first-order valence-electron chi connectivity index (χ1n) is 17.4. The van der Waals surface area contributed by atoms with Crippen molar-refractivity contribution in [3.63, 3.8) is 0 Å². The van der Waals surface area contributed by atoms with Crippen molar-refractivity contribution >= 4 is 65.8 Å². The Kier molecular flexibility index (Phi) is 6.27. The molecular formula is C45H31N3O3. The first kappa shape index (κ1) is 28.6. The maximum Gasteiger partial charge on any atom is 0.141 e. The van der Waals surface area contributed by atoms with Crippen LogP contribution in [0.4, 0.5) is 0 Å². The van der Waals surface area contributed by atoms with Gasteiger partial charge in [-0.25, -0.2) is 0 Å². The highest BCUT2D eigenvalue weighted by molar-refractivity contribution is 6.14. The third-order valence-electron chi connectivity index (χ3n) is 10.4. The van der Waals surface area contributed by atoms with Gasteiger partial charge in [-0.05, 0) is 64.7 Å². The van der Waals surface area contributed by atoms with E-state index in [1.54, 1.807) is 0 Å². The van der Waals surface area contributed by atoms with Crippen molar-refractivity contribution in [1.29, 1.82) is 0 Å². The highest BCUT2D eigenvalue weighted by Crippen LogP contribution is 2.41. The number of furan rings is 3. The van der Waals surface area contributed by atoms with Crippen molar-refractivity contribution in [2.45, 2.75) is 18.5 Å². The Bertz CT molecular complexity index is 2940. The number of para-hydroxylation sites is 3. The van der Waals surface area contributed by atoms with Crippen LogP contribution >= 0.6 is 0 Å². The van der Waals surface area contributed by atoms with Crippen LogP contribution < -0.4 is 16.0 Å². The number of rotatable bonds is 4. The third kappa shape index (κ3) is 4.55. The highest BCUT2D eigenvalue weighted by Gasteiger charge is 2.32. The van der Waals surface area contributed by atoms with Gasteiger partial charge in [0.15, 0.2) is 0 Å². The smallest absolute Gasteiger partial charge is 0.141 e. The largest absolute Gasteiger partial charge is 0.456 e. The molecular weight excluding hydrogens is 631 g/mol. The molecule has 244 valence electrons. The van der Waals surface area contributed by atoms with E-state index >= 15 is 0 Å². The Hall–Kier alpha value is -6.18. The molecule has 11 rings (SSSR count). The summed E-state index contributed by atoms with van der Waals surface area (Å²) in [5.41, 5.74) is 10.8. The number of hydrogen-bond acceptors (Lipinski definition) is 6. The zero-order valence-corrected chi connectivity index (χ0v) is 27.4. The van der Waals surface area contributed by atoms with Gasteiger partial charge in [-0.2, -0.15) is 0 Å². The van der Waals surface area contributed by atoms with Crippen LogP contribution in [0.5, 0.6) is 0 Å². The molecule has 6 heteroatoms. The van der Waals surface area contributed by atoms with Gasteiger partial charge in [0.25, 0.3) is 0 Å². The molecule has 0 aliphatic carbocycles. The van der Waals surface area contributed by atoms with Crippen molar-refractivity contribution in [3.8, 4) is 11.1 Å². The average Bonchev–Trinajstić information content (AvgIpc) is 3.88. The van der Waals surface area contributed by atoms with Gasteiger partial charge in [-0.1, -0.05) is 109 Å². The van der Waals surface area contributed by atoms with E-state index in [9.17, 15) is 0 Å². The molecule has 6 nitrogen and oxygen atoms in total. The topological polar surface area (TPSA) is 75.5 Å². The molecule has 51 heavy (non-hydrogen) atoms. The van der Waals surface area contributed by atoms with E-state index in [0.717, 1.165) is 93.6 Å². The predicted octanol–water partition coefficient (Wildman–Crippen LogP) is 11.2. The fraction of sp³-hybridized carbons (Fsp3) is 0.0667. The molecule has 0 amide bonds. The number of fused-ring (bicyclic) bond motifs is 9. The summed E-state index contributed by atoms with van der Waals surface area (Å²) < 4.78 is 19.2. The molecule has 1 aliphatic heterocycles. The Morgan fingerprint density at radius 2 is 1.02 bits per heavy atom. The van der Waals surface area contributed by atoms with Crippen molar-refractivity contribution < 1.29 is 13.3 Å². The molecule has 0 spiro atoms. The van der Waals surface area contributed by atoms with E-state index in [2.05, 4.69) is 137 Å². The Morgan fingerprint density at radius 3 is 1.90 bits per heavy atom. The van der Waals surface area contributed by atoms with Crippen LogP contribution in [0.2, 0.25) is 0 Å². The summed E-state index contributed by atoms with van der Waals surface area (Å²) in [4.78, 5) is 0. The summed E-state index contributed by atoms with van der Waals surface area (Å²) in [6.45, 7) is 0. The fourth-order valence-electron chi connectivity index (χ4n) is 8.01. The van der Waals surface area contributed by atoms with Gasteiger partial charge in [0.1, 0.15) is 33.5 Å². The number of hydrogen-bond donors (Lipinski definition) is 3. The molecule has 0 radical (unpaired) electrons. The molecule has 3 unspecified atom stereocenters. The fourth-order valence-corrected chi connectivity index (χ4v) is 8.01. The third-order valence-corrected chi connectivity index (χ3v) is 10.4. The van der Waals surface area contributed by atoms with Crippen LogP contribution in [-0.4, -0.2) is 0 Å². The molecule has 3 atom stereocenters. The van der Waals surface area contributed by atoms with Gasteiger partial charge in [0.2, 0.25) is 0 Å². The van der Waals surface area contributed by atoms with Crippen LogP contribution in [0, 0.1) is 0 Å². The first-order valence-corrected chi connectivity index (χ1v) is 17.4. The molecule has 7 aromatic carbocycles. The molecule has 3 N–H and O–H groups in total. The molecule has 1 fully saturated rings. The van der Waals surface area contributed by atoms with Gasteiger partial charge in [0, 0.05) is 37.9 Å². The SMILES string of the molecule is c1ccc(C2NC(c3ccc4oc5ccccc5c4c3)NC(c3cccc4c3oc3cc(-c5cccc6oc7ccccc7c56)ccc34)N2)cc1. The summed E-state index contributed by atoms with van der Waals surface area (Å²) in [5, 5.41) is 18.2. The molecule has 1 saturated heterocycles. The second-order valence-corrected chi connectivity index (χ2v) is 13.4. The van der Waals surface area contributed by atoms with Crippen LogP contribution in [0.25, 0.3) is 76.9 Å². The minimum Gasteiger partial charge on any atom is -0.456 e. The average molecular weight is 662 g/mol. The zero-order chi connectivity index (χ0) is 33.5. The maximum absolute atomic E-state index is 6.82. The lowest BCUT2D eigenvalue weighted by atomic mass is 9.98. The lowest BCUT2D eigenvalue weighted by Gasteiger charge is -2.39.